The Morgan fingerprint density at radius 3 is 2.67 bits per heavy atom. The van der Waals surface area contributed by atoms with Gasteiger partial charge in [0.05, 0.1) is 16.7 Å². The maximum Gasteiger partial charge on any atom is 0.259 e. The van der Waals surface area contributed by atoms with Crippen molar-refractivity contribution in [2.24, 2.45) is 0 Å². The van der Waals surface area contributed by atoms with Gasteiger partial charge in [0.25, 0.3) is 5.56 Å². The number of H-pyrrole nitrogens is 2. The molecule has 5 nitrogen and oxygen atoms in total. The zero-order valence-electron chi connectivity index (χ0n) is 12.6. The lowest BCUT2D eigenvalue weighted by molar-refractivity contribution is 0.102. The summed E-state index contributed by atoms with van der Waals surface area (Å²) in [5.74, 6) is 0.205. The van der Waals surface area contributed by atoms with Gasteiger partial charge in [-0.2, -0.15) is 0 Å². The summed E-state index contributed by atoms with van der Waals surface area (Å²) >= 11 is 1.23. The van der Waals surface area contributed by atoms with Crippen molar-refractivity contribution in [3.63, 3.8) is 0 Å². The zero-order valence-corrected chi connectivity index (χ0v) is 13.4. The number of thioether (sulfide) groups is 1. The number of Topliss-reactive ketones (excluding diaryl/α,β-unsaturated/α-hetero) is 1. The monoisotopic (exact) mass is 335 g/mol. The lowest BCUT2D eigenvalue weighted by Crippen LogP contribution is -2.10. The van der Waals surface area contributed by atoms with Crippen molar-refractivity contribution in [3.05, 3.63) is 70.6 Å². The Morgan fingerprint density at radius 2 is 1.79 bits per heavy atom. The van der Waals surface area contributed by atoms with Gasteiger partial charge < -0.3 is 9.97 Å². The van der Waals surface area contributed by atoms with Crippen LogP contribution in [-0.4, -0.2) is 26.5 Å². The van der Waals surface area contributed by atoms with Crippen LogP contribution in [-0.2, 0) is 0 Å². The fourth-order valence-corrected chi connectivity index (χ4v) is 3.40. The number of benzene rings is 2. The Kier molecular flexibility index (Phi) is 3.66. The van der Waals surface area contributed by atoms with Gasteiger partial charge in [0.1, 0.15) is 0 Å². The topological polar surface area (TPSA) is 78.6 Å². The summed E-state index contributed by atoms with van der Waals surface area (Å²) in [6, 6.07) is 14.8. The summed E-state index contributed by atoms with van der Waals surface area (Å²) in [5, 5.41) is 1.90. The molecule has 0 atom stereocenters. The molecule has 0 aliphatic rings. The van der Waals surface area contributed by atoms with Crippen molar-refractivity contribution in [3.8, 4) is 0 Å². The Hall–Kier alpha value is -2.86. The van der Waals surface area contributed by atoms with Gasteiger partial charge in [0.2, 0.25) is 0 Å². The Labute approximate surface area is 141 Å². The fourth-order valence-electron chi connectivity index (χ4n) is 2.65. The fraction of sp³-hybridized carbons (Fsp3) is 0.0556. The van der Waals surface area contributed by atoms with Crippen molar-refractivity contribution in [2.45, 2.75) is 5.16 Å². The van der Waals surface area contributed by atoms with Gasteiger partial charge in [-0.15, -0.1) is 0 Å². The normalized spacial score (nSPS) is 11.2. The summed E-state index contributed by atoms with van der Waals surface area (Å²) < 4.78 is 0. The van der Waals surface area contributed by atoms with E-state index in [9.17, 15) is 9.59 Å². The number of hydrogen-bond donors (Lipinski definition) is 2. The molecule has 0 fully saturated rings. The highest BCUT2D eigenvalue weighted by Gasteiger charge is 2.13. The molecule has 0 saturated heterocycles. The van der Waals surface area contributed by atoms with Crippen molar-refractivity contribution in [1.29, 1.82) is 0 Å². The molecule has 0 saturated carbocycles. The molecule has 2 heterocycles. The van der Waals surface area contributed by atoms with Crippen LogP contribution in [0.4, 0.5) is 0 Å². The maximum atomic E-state index is 12.5. The molecule has 2 N–H and O–H groups in total. The summed E-state index contributed by atoms with van der Waals surface area (Å²) in [4.78, 5) is 34.8. The number of hydrogen-bond acceptors (Lipinski definition) is 4. The molecule has 4 rings (SSSR count). The van der Waals surface area contributed by atoms with Gasteiger partial charge in [-0.1, -0.05) is 42.1 Å². The quantitative estimate of drug-likeness (QED) is 0.340. The Morgan fingerprint density at radius 1 is 1.04 bits per heavy atom. The predicted molar refractivity (Wildman–Crippen MR) is 95.7 cm³/mol. The maximum absolute atomic E-state index is 12.5. The van der Waals surface area contributed by atoms with Gasteiger partial charge in [-0.25, -0.2) is 4.98 Å². The van der Waals surface area contributed by atoms with Crippen LogP contribution >= 0.6 is 11.8 Å². The minimum absolute atomic E-state index is 0.00624. The molecular formula is C18H13N3O2S. The number of fused-ring (bicyclic) bond motifs is 2. The molecule has 0 bridgehead atoms. The molecule has 0 aliphatic carbocycles. The number of ketones is 1. The zero-order chi connectivity index (χ0) is 16.5. The standard InChI is InChI=1S/C18H13N3O2S/c22-16(13-9-19-14-7-3-1-5-11(13)14)10-24-18-20-15-8-4-2-6-12(15)17(23)21-18/h1-9,19H,10H2,(H,20,21,23). The van der Waals surface area contributed by atoms with E-state index in [1.54, 1.807) is 24.4 Å². The van der Waals surface area contributed by atoms with E-state index in [4.69, 9.17) is 0 Å². The highest BCUT2D eigenvalue weighted by molar-refractivity contribution is 7.99. The third kappa shape index (κ3) is 2.61. The lowest BCUT2D eigenvalue weighted by Gasteiger charge is -2.02. The number of nitrogens with zero attached hydrogens (tertiary/aromatic N) is 1. The average molecular weight is 335 g/mol. The number of carbonyl (C=O) groups excluding carboxylic acids is 1. The van der Waals surface area contributed by atoms with E-state index in [-0.39, 0.29) is 17.1 Å². The van der Waals surface area contributed by atoms with Crippen LogP contribution in [0, 0.1) is 0 Å². The number of para-hydroxylation sites is 2. The molecule has 6 heteroatoms. The lowest BCUT2D eigenvalue weighted by atomic mass is 10.1. The van der Waals surface area contributed by atoms with Crippen LogP contribution in [0.5, 0.6) is 0 Å². The van der Waals surface area contributed by atoms with Crippen LogP contribution in [0.15, 0.2) is 64.7 Å². The van der Waals surface area contributed by atoms with Crippen LogP contribution in [0.3, 0.4) is 0 Å². The first-order valence-corrected chi connectivity index (χ1v) is 8.42. The van der Waals surface area contributed by atoms with Gasteiger partial charge in [-0.3, -0.25) is 9.59 Å². The molecule has 0 amide bonds. The number of nitrogens with one attached hydrogen (secondary N) is 2. The van der Waals surface area contributed by atoms with E-state index in [2.05, 4.69) is 15.0 Å². The van der Waals surface area contributed by atoms with E-state index in [0.29, 0.717) is 21.6 Å². The second-order valence-corrected chi connectivity index (χ2v) is 6.31. The predicted octanol–water partition coefficient (Wildman–Crippen LogP) is 3.38. The van der Waals surface area contributed by atoms with Crippen LogP contribution < -0.4 is 5.56 Å². The molecule has 0 unspecified atom stereocenters. The van der Waals surface area contributed by atoms with Gasteiger partial charge >= 0.3 is 0 Å². The number of rotatable bonds is 4. The third-order valence-electron chi connectivity index (χ3n) is 3.82. The number of aromatic nitrogens is 3. The van der Waals surface area contributed by atoms with E-state index in [1.807, 2.05) is 30.3 Å². The molecule has 0 spiro atoms. The van der Waals surface area contributed by atoms with E-state index in [0.717, 1.165) is 10.9 Å². The SMILES string of the molecule is O=C(CSc1nc2ccccc2c(=O)[nH]1)c1c[nH]c2ccccc12. The summed E-state index contributed by atoms with van der Waals surface area (Å²) in [7, 11) is 0. The minimum atomic E-state index is -0.192. The second kappa shape index (κ2) is 5.98. The minimum Gasteiger partial charge on any atom is -0.360 e. The van der Waals surface area contributed by atoms with Crippen molar-refractivity contribution in [1.82, 2.24) is 15.0 Å². The Balaban J connectivity index is 1.58. The number of carbonyl (C=O) groups is 1. The van der Waals surface area contributed by atoms with E-state index in [1.165, 1.54) is 11.8 Å². The van der Waals surface area contributed by atoms with Crippen molar-refractivity contribution >= 4 is 39.4 Å². The Bertz CT molecular complexity index is 1110. The molecule has 0 radical (unpaired) electrons. The second-order valence-electron chi connectivity index (χ2n) is 5.35. The van der Waals surface area contributed by atoms with Crippen LogP contribution in [0.25, 0.3) is 21.8 Å². The summed E-state index contributed by atoms with van der Waals surface area (Å²) in [6.07, 6.45) is 1.73. The molecule has 24 heavy (non-hydrogen) atoms. The molecule has 2 aromatic carbocycles. The summed E-state index contributed by atoms with van der Waals surface area (Å²) in [6.45, 7) is 0. The van der Waals surface area contributed by atoms with Gasteiger partial charge in [0, 0.05) is 22.7 Å². The highest BCUT2D eigenvalue weighted by Crippen LogP contribution is 2.21. The van der Waals surface area contributed by atoms with Crippen molar-refractivity contribution in [2.75, 3.05) is 5.75 Å². The summed E-state index contributed by atoms with van der Waals surface area (Å²) in [5.41, 5.74) is 2.02. The molecule has 2 aromatic heterocycles. The number of aromatic amines is 2. The first kappa shape index (κ1) is 14.7. The van der Waals surface area contributed by atoms with E-state index >= 15 is 0 Å². The van der Waals surface area contributed by atoms with Gasteiger partial charge in [-0.05, 0) is 18.2 Å². The largest absolute Gasteiger partial charge is 0.360 e. The smallest absolute Gasteiger partial charge is 0.259 e. The average Bonchev–Trinajstić information content (AvgIpc) is 3.04. The molecule has 4 aromatic rings. The van der Waals surface area contributed by atoms with E-state index < -0.39 is 0 Å². The molecule has 118 valence electrons. The third-order valence-corrected chi connectivity index (χ3v) is 4.69. The highest BCUT2D eigenvalue weighted by atomic mass is 32.2. The first-order chi connectivity index (χ1) is 11.7. The molecular weight excluding hydrogens is 322 g/mol. The van der Waals surface area contributed by atoms with Gasteiger partial charge in [0.15, 0.2) is 10.9 Å². The van der Waals surface area contributed by atoms with Crippen molar-refractivity contribution < 1.29 is 4.79 Å². The van der Waals surface area contributed by atoms with Crippen LogP contribution in [0.1, 0.15) is 10.4 Å². The van der Waals surface area contributed by atoms with Crippen LogP contribution in [0.2, 0.25) is 0 Å². The molecule has 0 aliphatic heterocycles. The first-order valence-electron chi connectivity index (χ1n) is 7.43.